The lowest BCUT2D eigenvalue weighted by Crippen LogP contribution is -2.50. The molecule has 2 atom stereocenters. The predicted molar refractivity (Wildman–Crippen MR) is 78.1 cm³/mol. The van der Waals surface area contributed by atoms with Crippen LogP contribution in [0, 0.1) is 0 Å². The first-order valence-corrected chi connectivity index (χ1v) is 7.40. The van der Waals surface area contributed by atoms with Gasteiger partial charge in [-0.05, 0) is 32.2 Å². The fourth-order valence-corrected chi connectivity index (χ4v) is 2.77. The minimum absolute atomic E-state index is 0.153. The van der Waals surface area contributed by atoms with Gasteiger partial charge < -0.3 is 15.9 Å². The van der Waals surface area contributed by atoms with E-state index in [4.69, 9.17) is 5.73 Å². The van der Waals surface area contributed by atoms with E-state index in [1.54, 1.807) is 0 Å². The third-order valence-electron chi connectivity index (χ3n) is 4.21. The van der Waals surface area contributed by atoms with Crippen LogP contribution in [-0.2, 0) is 4.79 Å². The fourth-order valence-electron chi connectivity index (χ4n) is 2.77. The molecule has 4 N–H and O–H groups in total. The minimum Gasteiger partial charge on any atom is -0.480 e. The number of nitrogens with two attached hydrogens (primary N) is 1. The number of aliphatic hydroxyl groups excluding tert-OH is 1. The highest BCUT2D eigenvalue weighted by molar-refractivity contribution is 6.08. The van der Waals surface area contributed by atoms with E-state index < -0.39 is 11.5 Å². The van der Waals surface area contributed by atoms with Gasteiger partial charge >= 0.3 is 5.97 Å². The fraction of sp³-hybridized carbons (Fsp3) is 0.923. The Balaban J connectivity index is 2.46. The minimum atomic E-state index is -1.11. The molecule has 19 heavy (non-hydrogen) atoms. The molecule has 0 spiro atoms. The van der Waals surface area contributed by atoms with Gasteiger partial charge in [0.05, 0.1) is 6.61 Å². The lowest BCUT2D eigenvalue weighted by atomic mass is 9.88. The maximum atomic E-state index is 11.4. The Morgan fingerprint density at radius 3 is 2.74 bits per heavy atom. The zero-order chi connectivity index (χ0) is 14.3. The summed E-state index contributed by atoms with van der Waals surface area (Å²) in [7, 11) is 2.09. The number of carboxylic acids is 1. The molecule has 1 rings (SSSR count). The summed E-state index contributed by atoms with van der Waals surface area (Å²) >= 11 is 0. The third kappa shape index (κ3) is 4.78. The van der Waals surface area contributed by atoms with Crippen molar-refractivity contribution in [1.82, 2.24) is 4.90 Å². The highest BCUT2D eigenvalue weighted by Gasteiger charge is 2.35. The van der Waals surface area contributed by atoms with Crippen LogP contribution in [0.15, 0.2) is 0 Å². The second-order valence-electron chi connectivity index (χ2n) is 5.68. The quantitative estimate of drug-likeness (QED) is 0.400. The van der Waals surface area contributed by atoms with E-state index in [-0.39, 0.29) is 12.6 Å². The molecule has 5 nitrogen and oxygen atoms in total. The number of unbranched alkanes of at least 4 members (excludes halogenated alkanes) is 1. The molecule has 0 radical (unpaired) electrons. The van der Waals surface area contributed by atoms with Crippen LogP contribution in [0.3, 0.4) is 0 Å². The summed E-state index contributed by atoms with van der Waals surface area (Å²) in [6.07, 6.45) is 6.02. The molecule has 0 unspecified atom stereocenters. The molecule has 1 aliphatic rings. The van der Waals surface area contributed by atoms with Gasteiger partial charge in [-0.1, -0.05) is 19.2 Å². The van der Waals surface area contributed by atoms with Gasteiger partial charge in [0.1, 0.15) is 13.4 Å². The molecule has 1 fully saturated rings. The molecular formula is C13H27BN2O3. The second-order valence-corrected chi connectivity index (χ2v) is 5.68. The van der Waals surface area contributed by atoms with E-state index >= 15 is 0 Å². The molecule has 0 saturated carbocycles. The van der Waals surface area contributed by atoms with Crippen LogP contribution >= 0.6 is 0 Å². The van der Waals surface area contributed by atoms with E-state index in [1.807, 2.05) is 0 Å². The Morgan fingerprint density at radius 1 is 1.42 bits per heavy atom. The summed E-state index contributed by atoms with van der Waals surface area (Å²) in [6.45, 7) is 1.76. The zero-order valence-electron chi connectivity index (χ0n) is 12.0. The van der Waals surface area contributed by atoms with E-state index in [2.05, 4.69) is 12.7 Å². The molecular weight excluding hydrogens is 243 g/mol. The summed E-state index contributed by atoms with van der Waals surface area (Å²) in [5.74, 6) is -0.900. The molecule has 0 bridgehead atoms. The number of likely N-dealkylation sites (tertiary alicyclic amines) is 1. The number of aliphatic carboxylic acids is 1. The molecule has 1 heterocycles. The number of carboxylic acid groups (broad SMARTS) is 1. The summed E-state index contributed by atoms with van der Waals surface area (Å²) in [4.78, 5) is 13.5. The van der Waals surface area contributed by atoms with Crippen molar-refractivity contribution in [2.45, 2.75) is 56.4 Å². The normalized spacial score (nSPS) is 23.4. The topological polar surface area (TPSA) is 86.8 Å². The number of rotatable bonds is 9. The Bertz CT molecular complexity index is 291. The van der Waals surface area contributed by atoms with Gasteiger partial charge in [0.15, 0.2) is 0 Å². The number of hydrogen-bond donors (Lipinski definition) is 3. The van der Waals surface area contributed by atoms with E-state index in [9.17, 15) is 15.0 Å². The first kappa shape index (κ1) is 16.5. The average Bonchev–Trinajstić information content (AvgIpc) is 2.84. The number of hydrogen-bond acceptors (Lipinski definition) is 4. The zero-order valence-corrected chi connectivity index (χ0v) is 12.0. The first-order valence-electron chi connectivity index (χ1n) is 7.40. The molecule has 0 aliphatic carbocycles. The summed E-state index contributed by atoms with van der Waals surface area (Å²) in [5.41, 5.74) is 4.94. The highest BCUT2D eigenvalue weighted by Crippen LogP contribution is 2.22. The van der Waals surface area contributed by atoms with Crippen LogP contribution in [0.2, 0.25) is 6.32 Å². The van der Waals surface area contributed by atoms with Gasteiger partial charge in [0.25, 0.3) is 0 Å². The Labute approximate surface area is 116 Å². The molecule has 0 amide bonds. The molecule has 0 aromatic carbocycles. The van der Waals surface area contributed by atoms with E-state index in [1.165, 1.54) is 0 Å². The van der Waals surface area contributed by atoms with Crippen molar-refractivity contribution in [1.29, 1.82) is 0 Å². The van der Waals surface area contributed by atoms with Crippen molar-refractivity contribution in [3.8, 4) is 0 Å². The average molecular weight is 270 g/mol. The van der Waals surface area contributed by atoms with Gasteiger partial charge in [-0.15, -0.1) is 0 Å². The van der Waals surface area contributed by atoms with Gasteiger partial charge in [0, 0.05) is 12.6 Å². The highest BCUT2D eigenvalue weighted by atomic mass is 16.4. The van der Waals surface area contributed by atoms with Gasteiger partial charge in [0.2, 0.25) is 0 Å². The summed E-state index contributed by atoms with van der Waals surface area (Å²) in [5, 5.41) is 18.6. The molecule has 1 saturated heterocycles. The van der Waals surface area contributed by atoms with Crippen molar-refractivity contribution < 1.29 is 15.0 Å². The van der Waals surface area contributed by atoms with Gasteiger partial charge in [-0.25, -0.2) is 0 Å². The Kier molecular flexibility index (Phi) is 6.82. The van der Waals surface area contributed by atoms with Crippen LogP contribution in [0.5, 0.6) is 0 Å². The van der Waals surface area contributed by atoms with Crippen molar-refractivity contribution in [2.24, 2.45) is 5.73 Å². The van der Waals surface area contributed by atoms with Crippen molar-refractivity contribution in [2.75, 3.05) is 19.7 Å². The maximum Gasteiger partial charge on any atom is 0.323 e. The van der Waals surface area contributed by atoms with E-state index in [0.29, 0.717) is 19.4 Å². The lowest BCUT2D eigenvalue weighted by molar-refractivity contribution is -0.144. The SMILES string of the molecule is BCCCC[C@@](N)(CCN1CCC[C@@H]1CO)C(=O)O. The van der Waals surface area contributed by atoms with Crippen LogP contribution in [0.4, 0.5) is 0 Å². The van der Waals surface area contributed by atoms with Gasteiger partial charge in [-0.2, -0.15) is 0 Å². The molecule has 6 heteroatoms. The van der Waals surface area contributed by atoms with Crippen molar-refractivity contribution >= 4 is 13.8 Å². The van der Waals surface area contributed by atoms with Crippen LogP contribution in [0.1, 0.15) is 38.5 Å². The van der Waals surface area contributed by atoms with E-state index in [0.717, 1.165) is 38.5 Å². The smallest absolute Gasteiger partial charge is 0.323 e. The van der Waals surface area contributed by atoms with Gasteiger partial charge in [-0.3, -0.25) is 9.69 Å². The molecule has 1 aliphatic heterocycles. The second kappa shape index (κ2) is 7.87. The number of aliphatic hydroxyl groups is 1. The third-order valence-corrected chi connectivity index (χ3v) is 4.21. The van der Waals surface area contributed by atoms with Crippen LogP contribution in [0.25, 0.3) is 0 Å². The lowest BCUT2D eigenvalue weighted by Gasteiger charge is -2.29. The standard InChI is InChI=1S/C13H27BN2O3/c14-7-2-1-5-13(15,12(18)19)6-9-16-8-3-4-11(16)10-17/h11,17H,1-10,14-15H2,(H,18,19)/t11-,13-/m1/s1. The monoisotopic (exact) mass is 270 g/mol. The predicted octanol–water partition coefficient (Wildman–Crippen LogP) is -0.163. The number of carbonyl (C=O) groups is 1. The largest absolute Gasteiger partial charge is 0.480 e. The molecule has 110 valence electrons. The summed E-state index contributed by atoms with van der Waals surface area (Å²) < 4.78 is 0. The van der Waals surface area contributed by atoms with Crippen LogP contribution < -0.4 is 5.73 Å². The van der Waals surface area contributed by atoms with Crippen molar-refractivity contribution in [3.63, 3.8) is 0 Å². The maximum absolute atomic E-state index is 11.4. The summed E-state index contributed by atoms with van der Waals surface area (Å²) in [6, 6.07) is 0.189. The Hall–Kier alpha value is -0.585. The molecule has 0 aromatic rings. The van der Waals surface area contributed by atoms with Crippen molar-refractivity contribution in [3.05, 3.63) is 0 Å². The number of nitrogens with zero attached hydrogens (tertiary/aromatic N) is 1. The van der Waals surface area contributed by atoms with Crippen LogP contribution in [-0.4, -0.2) is 60.2 Å². The first-order chi connectivity index (χ1) is 9.03. The molecule has 0 aromatic heterocycles. The Morgan fingerprint density at radius 2 is 2.16 bits per heavy atom.